The van der Waals surface area contributed by atoms with Crippen molar-refractivity contribution in [1.29, 1.82) is 0 Å². The first kappa shape index (κ1) is 19.8. The van der Waals surface area contributed by atoms with Gasteiger partial charge in [-0.15, -0.1) is 0 Å². The van der Waals surface area contributed by atoms with Gasteiger partial charge in [-0.3, -0.25) is 4.79 Å². The lowest BCUT2D eigenvalue weighted by atomic mass is 9.87. The van der Waals surface area contributed by atoms with E-state index in [9.17, 15) is 4.79 Å². The van der Waals surface area contributed by atoms with Crippen molar-refractivity contribution in [1.82, 2.24) is 19.3 Å². The lowest BCUT2D eigenvalue weighted by Crippen LogP contribution is -2.48. The number of amides is 1. The smallest absolute Gasteiger partial charge is 0.231 e. The molecular weight excluding hydrogens is 390 g/mol. The van der Waals surface area contributed by atoms with Gasteiger partial charge >= 0.3 is 0 Å². The van der Waals surface area contributed by atoms with Crippen molar-refractivity contribution in [2.75, 3.05) is 36.9 Å². The maximum Gasteiger partial charge on any atom is 0.231 e. The van der Waals surface area contributed by atoms with Gasteiger partial charge in [0.25, 0.3) is 0 Å². The van der Waals surface area contributed by atoms with Gasteiger partial charge in [-0.2, -0.15) is 0 Å². The maximum absolute atomic E-state index is 12.6. The van der Waals surface area contributed by atoms with E-state index in [1.807, 2.05) is 31.6 Å². The Kier molecular flexibility index (Phi) is 5.23. The molecule has 3 N–H and O–H groups in total. The molecule has 3 aromatic heterocycles. The first-order valence-electron chi connectivity index (χ1n) is 11.1. The minimum Gasteiger partial charge on any atom is -0.370 e. The highest BCUT2D eigenvalue weighted by atomic mass is 16.2. The van der Waals surface area contributed by atoms with Crippen LogP contribution < -0.4 is 16.0 Å². The minimum absolute atomic E-state index is 0.0644. The van der Waals surface area contributed by atoms with Gasteiger partial charge in [0.1, 0.15) is 5.82 Å². The summed E-state index contributed by atoms with van der Waals surface area (Å²) in [6, 6.07) is 5.85. The van der Waals surface area contributed by atoms with Crippen LogP contribution in [-0.2, 0) is 4.79 Å². The summed E-state index contributed by atoms with van der Waals surface area (Å²) in [6.07, 6.45) is 12.2. The van der Waals surface area contributed by atoms with Crippen LogP contribution in [0.1, 0.15) is 37.2 Å². The molecule has 2 fully saturated rings. The highest BCUT2D eigenvalue weighted by Crippen LogP contribution is 2.30. The number of likely N-dealkylation sites (tertiary alicyclic amines) is 1. The van der Waals surface area contributed by atoms with Gasteiger partial charge in [0.2, 0.25) is 5.91 Å². The molecule has 31 heavy (non-hydrogen) atoms. The summed E-state index contributed by atoms with van der Waals surface area (Å²) in [6.45, 7) is 2.87. The van der Waals surface area contributed by atoms with Crippen LogP contribution in [0.25, 0.3) is 5.65 Å². The zero-order chi connectivity index (χ0) is 21.4. The summed E-state index contributed by atoms with van der Waals surface area (Å²) in [5.41, 5.74) is 10.1. The highest BCUT2D eigenvalue weighted by molar-refractivity contribution is 5.85. The molecule has 0 bridgehead atoms. The van der Waals surface area contributed by atoms with E-state index in [1.165, 1.54) is 24.9 Å². The number of piperidine rings is 2. The molecule has 3 aromatic rings. The van der Waals surface area contributed by atoms with Crippen LogP contribution in [0, 0.1) is 0 Å². The maximum atomic E-state index is 12.6. The minimum atomic E-state index is -0.332. The Morgan fingerprint density at radius 1 is 1.13 bits per heavy atom. The zero-order valence-corrected chi connectivity index (χ0v) is 17.9. The molecule has 8 heteroatoms. The van der Waals surface area contributed by atoms with Gasteiger partial charge in [0.15, 0.2) is 5.65 Å². The number of carbonyl (C=O) groups is 1. The van der Waals surface area contributed by atoms with E-state index in [4.69, 9.17) is 5.73 Å². The topological polar surface area (TPSA) is 91.8 Å². The Hall–Kier alpha value is -3.13. The normalized spacial score (nSPS) is 22.2. The standard InChI is InChI=1S/C23H29N7O/c1-28-11-7-18(24)21(23(28)31)16-5-6-20(26-14-16)27-19-13-17(29-9-3-2-4-10-29)15-30-12-8-25-22(19)30/h5-6,8,12-15,18,21H,2-4,7,9-11,24H2,1H3,(H,26,27)/t18?,21-/m0/s1. The number of rotatable bonds is 4. The fourth-order valence-electron chi connectivity index (χ4n) is 4.67. The SMILES string of the molecule is CN1CCC(N)[C@H](c2ccc(Nc3cc(N4CCCCC4)cn4ccnc34)nc2)C1=O. The first-order valence-corrected chi connectivity index (χ1v) is 11.1. The number of hydrogen-bond donors (Lipinski definition) is 2. The summed E-state index contributed by atoms with van der Waals surface area (Å²) < 4.78 is 2.05. The molecule has 0 saturated carbocycles. The van der Waals surface area contributed by atoms with Crippen molar-refractivity contribution in [3.63, 3.8) is 0 Å². The molecule has 0 aromatic carbocycles. The van der Waals surface area contributed by atoms with Crippen molar-refractivity contribution in [2.24, 2.45) is 5.73 Å². The highest BCUT2D eigenvalue weighted by Gasteiger charge is 2.34. The molecule has 0 aliphatic carbocycles. The number of nitrogens with two attached hydrogens (primary N) is 1. The van der Waals surface area contributed by atoms with Crippen molar-refractivity contribution in [2.45, 2.75) is 37.6 Å². The van der Waals surface area contributed by atoms with Gasteiger partial charge in [0.05, 0.1) is 17.3 Å². The van der Waals surface area contributed by atoms with Crippen LogP contribution >= 0.6 is 0 Å². The Labute approximate surface area is 182 Å². The summed E-state index contributed by atoms with van der Waals surface area (Å²) in [7, 11) is 1.83. The first-order chi connectivity index (χ1) is 15.1. The fraction of sp³-hybridized carbons (Fsp3) is 0.435. The number of likely N-dealkylation sites (N-methyl/N-ethyl adjacent to an activating group) is 1. The number of pyridine rings is 2. The zero-order valence-electron chi connectivity index (χ0n) is 17.9. The molecular formula is C23H29N7O. The van der Waals surface area contributed by atoms with Crippen molar-refractivity contribution >= 4 is 28.7 Å². The van der Waals surface area contributed by atoms with Crippen LogP contribution in [0.15, 0.2) is 43.0 Å². The summed E-state index contributed by atoms with van der Waals surface area (Å²) in [4.78, 5) is 25.9. The van der Waals surface area contributed by atoms with Gasteiger partial charge in [-0.05, 0) is 43.4 Å². The van der Waals surface area contributed by atoms with Crippen LogP contribution in [0.2, 0.25) is 0 Å². The molecule has 2 aliphatic rings. The summed E-state index contributed by atoms with van der Waals surface area (Å²) >= 11 is 0. The van der Waals surface area contributed by atoms with E-state index >= 15 is 0 Å². The second-order valence-corrected chi connectivity index (χ2v) is 8.61. The van der Waals surface area contributed by atoms with E-state index < -0.39 is 0 Å². The van der Waals surface area contributed by atoms with E-state index in [0.717, 1.165) is 42.2 Å². The Morgan fingerprint density at radius 3 is 2.74 bits per heavy atom. The van der Waals surface area contributed by atoms with Crippen molar-refractivity contribution in [3.8, 4) is 0 Å². The Morgan fingerprint density at radius 2 is 1.97 bits per heavy atom. The average Bonchev–Trinajstić information content (AvgIpc) is 3.27. The number of hydrogen-bond acceptors (Lipinski definition) is 6. The molecule has 8 nitrogen and oxygen atoms in total. The third kappa shape index (κ3) is 3.83. The third-order valence-corrected chi connectivity index (χ3v) is 6.47. The number of anilines is 3. The van der Waals surface area contributed by atoms with Crippen LogP contribution in [-0.4, -0.2) is 57.9 Å². The molecule has 5 heterocycles. The second-order valence-electron chi connectivity index (χ2n) is 8.61. The fourth-order valence-corrected chi connectivity index (χ4v) is 4.67. The molecule has 2 atom stereocenters. The predicted octanol–water partition coefficient (Wildman–Crippen LogP) is 2.74. The summed E-state index contributed by atoms with van der Waals surface area (Å²) in [5.74, 6) is 0.450. The van der Waals surface area contributed by atoms with Gasteiger partial charge < -0.3 is 25.3 Å². The van der Waals surface area contributed by atoms with E-state index in [-0.39, 0.29) is 17.9 Å². The monoisotopic (exact) mass is 419 g/mol. The Bertz CT molecular complexity index is 1070. The molecule has 0 spiro atoms. The number of fused-ring (bicyclic) bond motifs is 1. The molecule has 1 amide bonds. The van der Waals surface area contributed by atoms with Crippen molar-refractivity contribution in [3.05, 3.63) is 48.5 Å². The van der Waals surface area contributed by atoms with Crippen LogP contribution in [0.4, 0.5) is 17.2 Å². The van der Waals surface area contributed by atoms with Gasteiger partial charge in [0, 0.05) is 57.5 Å². The lowest BCUT2D eigenvalue weighted by molar-refractivity contribution is -0.134. The Balaban J connectivity index is 1.41. The van der Waals surface area contributed by atoms with Crippen molar-refractivity contribution < 1.29 is 4.79 Å². The average molecular weight is 420 g/mol. The van der Waals surface area contributed by atoms with E-state index in [0.29, 0.717) is 6.54 Å². The molecule has 2 saturated heterocycles. The summed E-state index contributed by atoms with van der Waals surface area (Å²) in [5, 5.41) is 3.43. The van der Waals surface area contributed by atoms with E-state index in [1.54, 1.807) is 11.1 Å². The molecule has 0 radical (unpaired) electrons. The number of nitrogens with zero attached hydrogens (tertiary/aromatic N) is 5. The molecule has 5 rings (SSSR count). The van der Waals surface area contributed by atoms with Crippen LogP contribution in [0.3, 0.4) is 0 Å². The number of carbonyl (C=O) groups excluding carboxylic acids is 1. The molecule has 2 aliphatic heterocycles. The van der Waals surface area contributed by atoms with Crippen LogP contribution in [0.5, 0.6) is 0 Å². The van der Waals surface area contributed by atoms with Gasteiger partial charge in [-0.25, -0.2) is 9.97 Å². The largest absolute Gasteiger partial charge is 0.370 e. The molecule has 162 valence electrons. The lowest BCUT2D eigenvalue weighted by Gasteiger charge is -2.34. The third-order valence-electron chi connectivity index (χ3n) is 6.47. The quantitative estimate of drug-likeness (QED) is 0.676. The van der Waals surface area contributed by atoms with Gasteiger partial charge in [-0.1, -0.05) is 6.07 Å². The number of aromatic nitrogens is 3. The molecule has 1 unspecified atom stereocenters. The predicted molar refractivity (Wildman–Crippen MR) is 122 cm³/mol. The second kappa shape index (κ2) is 8.19. The number of nitrogens with one attached hydrogen (secondary N) is 1. The number of imidazole rings is 1. The van der Waals surface area contributed by atoms with E-state index in [2.05, 4.69) is 36.8 Å².